The van der Waals surface area contributed by atoms with Crippen LogP contribution in [0.3, 0.4) is 0 Å². The van der Waals surface area contributed by atoms with Crippen molar-refractivity contribution in [3.8, 4) is 0 Å². The third-order valence-corrected chi connectivity index (χ3v) is 8.32. The summed E-state index contributed by atoms with van der Waals surface area (Å²) >= 11 is 5.83. The van der Waals surface area contributed by atoms with Gasteiger partial charge in [0.15, 0.2) is 14.6 Å². The second-order valence-electron chi connectivity index (χ2n) is 8.06. The minimum atomic E-state index is -2.82. The molecule has 2 aliphatic rings. The van der Waals surface area contributed by atoms with Crippen LogP contribution in [0.1, 0.15) is 26.2 Å². The lowest BCUT2D eigenvalue weighted by atomic mass is 10.2. The van der Waals surface area contributed by atoms with Crippen LogP contribution in [0.15, 0.2) is 24.3 Å². The number of sulfone groups is 1. The summed E-state index contributed by atoms with van der Waals surface area (Å²) in [6.07, 6.45) is 3.07. The molecule has 28 heavy (non-hydrogen) atoms. The SMILES string of the molecule is CCCCn1c(=S)n(CN2CCN(C3CCS(=O)(=O)C3)CC2)c2ccccc21. The first-order valence-electron chi connectivity index (χ1n) is 10.3. The van der Waals surface area contributed by atoms with Gasteiger partial charge in [-0.15, -0.1) is 0 Å². The Balaban J connectivity index is 1.46. The van der Waals surface area contributed by atoms with E-state index in [1.165, 1.54) is 11.0 Å². The van der Waals surface area contributed by atoms with Crippen LogP contribution in [0.2, 0.25) is 0 Å². The fraction of sp³-hybridized carbons (Fsp3) is 0.650. The lowest BCUT2D eigenvalue weighted by molar-refractivity contribution is 0.0852. The Morgan fingerprint density at radius 3 is 2.36 bits per heavy atom. The van der Waals surface area contributed by atoms with Gasteiger partial charge < -0.3 is 9.13 Å². The molecule has 2 fully saturated rings. The minimum Gasteiger partial charge on any atom is -0.317 e. The highest BCUT2D eigenvalue weighted by atomic mass is 32.2. The first-order valence-corrected chi connectivity index (χ1v) is 12.6. The molecule has 0 amide bonds. The van der Waals surface area contributed by atoms with Gasteiger partial charge in [-0.3, -0.25) is 9.80 Å². The van der Waals surface area contributed by atoms with Crippen molar-refractivity contribution in [2.45, 2.75) is 45.4 Å². The van der Waals surface area contributed by atoms with E-state index in [2.05, 4.69) is 50.1 Å². The molecule has 8 heteroatoms. The first kappa shape index (κ1) is 20.1. The number of fused-ring (bicyclic) bond motifs is 1. The summed E-state index contributed by atoms with van der Waals surface area (Å²) in [6.45, 7) is 7.74. The van der Waals surface area contributed by atoms with Gasteiger partial charge in [-0.25, -0.2) is 8.42 Å². The van der Waals surface area contributed by atoms with E-state index in [-0.39, 0.29) is 6.04 Å². The number of hydrogen-bond donors (Lipinski definition) is 0. The average molecular weight is 423 g/mol. The fourth-order valence-electron chi connectivity index (χ4n) is 4.47. The third kappa shape index (κ3) is 4.06. The summed E-state index contributed by atoms with van der Waals surface area (Å²) in [6, 6.07) is 8.70. The van der Waals surface area contributed by atoms with Gasteiger partial charge in [0.2, 0.25) is 0 Å². The van der Waals surface area contributed by atoms with Gasteiger partial charge in [0, 0.05) is 38.8 Å². The zero-order chi connectivity index (χ0) is 19.7. The molecule has 3 heterocycles. The predicted octanol–water partition coefficient (Wildman–Crippen LogP) is 2.73. The molecule has 0 bridgehead atoms. The first-order chi connectivity index (χ1) is 13.5. The highest BCUT2D eigenvalue weighted by molar-refractivity contribution is 7.91. The minimum absolute atomic E-state index is 0.213. The van der Waals surface area contributed by atoms with Crippen LogP contribution >= 0.6 is 12.2 Å². The van der Waals surface area contributed by atoms with Crippen molar-refractivity contribution in [2.75, 3.05) is 37.7 Å². The number of piperazine rings is 1. The molecule has 6 nitrogen and oxygen atoms in total. The summed E-state index contributed by atoms with van der Waals surface area (Å²) < 4.78 is 29.0. The standard InChI is InChI=1S/C20H30N4O2S2/c1-2-3-9-23-18-6-4-5-7-19(18)24(20(23)27)16-21-10-12-22(13-11-21)17-8-14-28(25,26)15-17/h4-7,17H,2-3,8-16H2,1H3. The Kier molecular flexibility index (Phi) is 5.92. The van der Waals surface area contributed by atoms with Crippen molar-refractivity contribution in [1.29, 1.82) is 0 Å². The van der Waals surface area contributed by atoms with Crippen molar-refractivity contribution in [3.05, 3.63) is 29.0 Å². The molecule has 1 unspecified atom stereocenters. The molecule has 0 N–H and O–H groups in total. The quantitative estimate of drug-likeness (QED) is 0.670. The molecule has 4 rings (SSSR count). The molecule has 2 aromatic rings. The van der Waals surface area contributed by atoms with Gasteiger partial charge >= 0.3 is 0 Å². The van der Waals surface area contributed by atoms with Crippen LogP contribution in [0.4, 0.5) is 0 Å². The molecule has 0 saturated carbocycles. The molecular formula is C20H30N4O2S2. The van der Waals surface area contributed by atoms with Gasteiger partial charge in [0.05, 0.1) is 29.2 Å². The van der Waals surface area contributed by atoms with E-state index >= 15 is 0 Å². The third-order valence-electron chi connectivity index (χ3n) is 6.13. The zero-order valence-corrected chi connectivity index (χ0v) is 18.2. The van der Waals surface area contributed by atoms with E-state index in [1.54, 1.807) is 0 Å². The van der Waals surface area contributed by atoms with Crippen LogP contribution < -0.4 is 0 Å². The summed E-state index contributed by atoms with van der Waals surface area (Å²) in [5, 5.41) is 0. The summed E-state index contributed by atoms with van der Waals surface area (Å²) in [5.41, 5.74) is 2.42. The second kappa shape index (κ2) is 8.26. The Hall–Kier alpha value is -1.22. The molecule has 1 aromatic carbocycles. The lowest BCUT2D eigenvalue weighted by Gasteiger charge is -2.37. The number of rotatable bonds is 6. The number of nitrogens with zero attached hydrogens (tertiary/aromatic N) is 4. The number of imidazole rings is 1. The molecule has 0 aliphatic carbocycles. The fourth-order valence-corrected chi connectivity index (χ4v) is 6.58. The molecule has 2 saturated heterocycles. The summed E-state index contributed by atoms with van der Waals surface area (Å²) in [5.74, 6) is 0.688. The normalized spacial score (nSPS) is 23.5. The zero-order valence-electron chi connectivity index (χ0n) is 16.6. The van der Waals surface area contributed by atoms with Crippen LogP contribution in [0.25, 0.3) is 11.0 Å². The molecule has 1 aromatic heterocycles. The molecular weight excluding hydrogens is 392 g/mol. The van der Waals surface area contributed by atoms with Gasteiger partial charge in [-0.05, 0) is 37.2 Å². The number of unbranched alkanes of at least 4 members (excludes halogenated alkanes) is 1. The average Bonchev–Trinajstić information content (AvgIpc) is 3.18. The van der Waals surface area contributed by atoms with E-state index in [0.717, 1.165) is 63.4 Å². The van der Waals surface area contributed by atoms with Gasteiger partial charge in [-0.2, -0.15) is 0 Å². The monoisotopic (exact) mass is 422 g/mol. The van der Waals surface area contributed by atoms with E-state index in [9.17, 15) is 8.42 Å². The number of para-hydroxylation sites is 2. The molecule has 0 spiro atoms. The van der Waals surface area contributed by atoms with E-state index in [1.807, 2.05) is 0 Å². The smallest absolute Gasteiger partial charge is 0.181 e. The van der Waals surface area contributed by atoms with Crippen molar-refractivity contribution in [3.63, 3.8) is 0 Å². The second-order valence-corrected chi connectivity index (χ2v) is 10.7. The topological polar surface area (TPSA) is 50.5 Å². The van der Waals surface area contributed by atoms with E-state index in [0.29, 0.717) is 11.5 Å². The van der Waals surface area contributed by atoms with Gasteiger partial charge in [-0.1, -0.05) is 25.5 Å². The Morgan fingerprint density at radius 2 is 1.75 bits per heavy atom. The molecule has 1 atom stereocenters. The predicted molar refractivity (Wildman–Crippen MR) is 116 cm³/mol. The van der Waals surface area contributed by atoms with Crippen LogP contribution in [0, 0.1) is 4.77 Å². The van der Waals surface area contributed by atoms with Crippen molar-refractivity contribution in [1.82, 2.24) is 18.9 Å². The number of aromatic nitrogens is 2. The maximum atomic E-state index is 11.8. The summed E-state index contributed by atoms with van der Waals surface area (Å²) in [7, 11) is -2.82. The summed E-state index contributed by atoms with van der Waals surface area (Å²) in [4.78, 5) is 4.80. The van der Waals surface area contributed by atoms with Gasteiger partial charge in [0.25, 0.3) is 0 Å². The largest absolute Gasteiger partial charge is 0.317 e. The Morgan fingerprint density at radius 1 is 1.07 bits per heavy atom. The Bertz CT molecular complexity index is 987. The molecule has 0 radical (unpaired) electrons. The number of benzene rings is 1. The van der Waals surface area contributed by atoms with E-state index in [4.69, 9.17) is 12.2 Å². The van der Waals surface area contributed by atoms with Crippen LogP contribution in [-0.2, 0) is 23.1 Å². The number of hydrogen-bond acceptors (Lipinski definition) is 5. The van der Waals surface area contributed by atoms with Crippen molar-refractivity contribution >= 4 is 33.1 Å². The number of aryl methyl sites for hydroxylation is 1. The highest BCUT2D eigenvalue weighted by Crippen LogP contribution is 2.22. The molecule has 154 valence electrons. The van der Waals surface area contributed by atoms with Crippen molar-refractivity contribution < 1.29 is 8.42 Å². The van der Waals surface area contributed by atoms with Crippen LogP contribution in [0.5, 0.6) is 0 Å². The maximum Gasteiger partial charge on any atom is 0.181 e. The van der Waals surface area contributed by atoms with Crippen LogP contribution in [-0.4, -0.2) is 71.1 Å². The molecule has 2 aliphatic heterocycles. The van der Waals surface area contributed by atoms with Gasteiger partial charge in [0.1, 0.15) is 0 Å². The highest BCUT2D eigenvalue weighted by Gasteiger charge is 2.33. The van der Waals surface area contributed by atoms with E-state index < -0.39 is 9.84 Å². The maximum absolute atomic E-state index is 11.8. The lowest BCUT2D eigenvalue weighted by Crippen LogP contribution is -2.50. The Labute approximate surface area is 172 Å². The van der Waals surface area contributed by atoms with Crippen molar-refractivity contribution in [2.24, 2.45) is 0 Å².